The van der Waals surface area contributed by atoms with Crippen molar-refractivity contribution >= 4 is 5.82 Å². The van der Waals surface area contributed by atoms with Crippen molar-refractivity contribution in [2.45, 2.75) is 46.2 Å². The molecule has 1 unspecified atom stereocenters. The van der Waals surface area contributed by atoms with Crippen LogP contribution >= 0.6 is 0 Å². The van der Waals surface area contributed by atoms with E-state index in [2.05, 4.69) is 33.8 Å². The summed E-state index contributed by atoms with van der Waals surface area (Å²) < 4.78 is 5.54. The zero-order valence-corrected chi connectivity index (χ0v) is 17.3. The second-order valence-electron chi connectivity index (χ2n) is 7.28. The van der Waals surface area contributed by atoms with Crippen LogP contribution in [0.2, 0.25) is 0 Å². The summed E-state index contributed by atoms with van der Waals surface area (Å²) in [6.45, 7) is 10.6. The molecular formula is C22H32N4O2. The van der Waals surface area contributed by atoms with Gasteiger partial charge >= 0.3 is 0 Å². The van der Waals surface area contributed by atoms with Crippen LogP contribution in [0.5, 0.6) is 5.75 Å². The van der Waals surface area contributed by atoms with Gasteiger partial charge in [0.25, 0.3) is 0 Å². The minimum Gasteiger partial charge on any atom is -0.494 e. The van der Waals surface area contributed by atoms with Crippen molar-refractivity contribution < 1.29 is 9.84 Å². The summed E-state index contributed by atoms with van der Waals surface area (Å²) in [5, 5.41) is 9.61. The molecule has 0 aliphatic carbocycles. The van der Waals surface area contributed by atoms with E-state index in [-0.39, 0.29) is 6.61 Å². The van der Waals surface area contributed by atoms with Gasteiger partial charge < -0.3 is 14.7 Å². The summed E-state index contributed by atoms with van der Waals surface area (Å²) in [6.07, 6.45) is 3.64. The first kappa shape index (κ1) is 20.6. The Bertz CT molecular complexity index is 751. The molecule has 1 atom stereocenters. The van der Waals surface area contributed by atoms with Crippen LogP contribution in [-0.4, -0.2) is 58.9 Å². The van der Waals surface area contributed by atoms with Gasteiger partial charge in [0.05, 0.1) is 6.61 Å². The van der Waals surface area contributed by atoms with Crippen molar-refractivity contribution in [3.63, 3.8) is 0 Å². The van der Waals surface area contributed by atoms with Crippen molar-refractivity contribution in [2.24, 2.45) is 0 Å². The quantitative estimate of drug-likeness (QED) is 0.755. The average Bonchev–Trinajstić information content (AvgIpc) is 2.71. The number of aromatic nitrogens is 2. The third-order valence-corrected chi connectivity index (χ3v) is 5.33. The van der Waals surface area contributed by atoms with Crippen LogP contribution in [0.3, 0.4) is 0 Å². The lowest BCUT2D eigenvalue weighted by atomic mass is 10.1. The Morgan fingerprint density at radius 2 is 1.96 bits per heavy atom. The molecule has 2 heterocycles. The standard InChI is InChI=1S/C22H32N4O2/c1-4-19-14-23-17(3)24-22(19)26-12-11-25(20(16-26)10-13-27)15-18-6-8-21(9-7-18)28-5-2/h6-9,14,20,27H,4-5,10-13,15-16H2,1-3H3. The molecule has 152 valence electrons. The van der Waals surface area contributed by atoms with Crippen LogP contribution in [0.25, 0.3) is 0 Å². The molecule has 1 N–H and O–H groups in total. The van der Waals surface area contributed by atoms with Crippen molar-refractivity contribution in [2.75, 3.05) is 37.7 Å². The van der Waals surface area contributed by atoms with E-state index in [0.717, 1.165) is 56.4 Å². The second-order valence-corrected chi connectivity index (χ2v) is 7.28. The number of rotatable bonds is 8. The van der Waals surface area contributed by atoms with Gasteiger partial charge in [0, 0.05) is 50.6 Å². The molecule has 0 radical (unpaired) electrons. The van der Waals surface area contributed by atoms with Gasteiger partial charge in [0.15, 0.2) is 0 Å². The lowest BCUT2D eigenvalue weighted by Crippen LogP contribution is -2.53. The number of hydrogen-bond donors (Lipinski definition) is 1. The first-order chi connectivity index (χ1) is 13.6. The summed E-state index contributed by atoms with van der Waals surface area (Å²) >= 11 is 0. The van der Waals surface area contributed by atoms with Gasteiger partial charge in [0.1, 0.15) is 17.4 Å². The van der Waals surface area contributed by atoms with Crippen LogP contribution in [0.15, 0.2) is 30.5 Å². The van der Waals surface area contributed by atoms with Crippen molar-refractivity contribution in [1.29, 1.82) is 0 Å². The molecule has 28 heavy (non-hydrogen) atoms. The SMILES string of the molecule is CCOc1ccc(CN2CCN(c3nc(C)ncc3CC)CC2CCO)cc1. The zero-order valence-electron chi connectivity index (χ0n) is 17.3. The van der Waals surface area contributed by atoms with E-state index in [9.17, 15) is 5.11 Å². The average molecular weight is 385 g/mol. The van der Waals surface area contributed by atoms with Gasteiger partial charge in [-0.2, -0.15) is 0 Å². The molecule has 1 aliphatic rings. The Balaban J connectivity index is 1.71. The van der Waals surface area contributed by atoms with Crippen molar-refractivity contribution in [3.8, 4) is 5.75 Å². The van der Waals surface area contributed by atoms with Crippen LogP contribution in [0.1, 0.15) is 37.2 Å². The van der Waals surface area contributed by atoms with Gasteiger partial charge in [-0.1, -0.05) is 19.1 Å². The first-order valence-corrected chi connectivity index (χ1v) is 10.3. The molecule has 0 spiro atoms. The predicted molar refractivity (Wildman–Crippen MR) is 112 cm³/mol. The van der Waals surface area contributed by atoms with Crippen molar-refractivity contribution in [1.82, 2.24) is 14.9 Å². The molecule has 0 amide bonds. The largest absolute Gasteiger partial charge is 0.494 e. The minimum atomic E-state index is 0.196. The zero-order chi connectivity index (χ0) is 19.9. The van der Waals surface area contributed by atoms with Crippen LogP contribution < -0.4 is 9.64 Å². The smallest absolute Gasteiger partial charge is 0.135 e. The fourth-order valence-corrected chi connectivity index (χ4v) is 3.81. The number of benzene rings is 1. The summed E-state index contributed by atoms with van der Waals surface area (Å²) in [7, 11) is 0. The molecule has 2 aromatic rings. The highest BCUT2D eigenvalue weighted by atomic mass is 16.5. The summed E-state index contributed by atoms with van der Waals surface area (Å²) in [5.41, 5.74) is 2.46. The third kappa shape index (κ3) is 5.00. The Labute approximate surface area is 168 Å². The third-order valence-electron chi connectivity index (χ3n) is 5.33. The number of aryl methyl sites for hydroxylation is 2. The number of piperazine rings is 1. The van der Waals surface area contributed by atoms with E-state index in [0.29, 0.717) is 12.6 Å². The molecule has 0 bridgehead atoms. The van der Waals surface area contributed by atoms with E-state index in [4.69, 9.17) is 9.72 Å². The monoisotopic (exact) mass is 384 g/mol. The second kappa shape index (κ2) is 9.85. The van der Waals surface area contributed by atoms with Gasteiger partial charge in [0.2, 0.25) is 0 Å². The molecule has 6 heteroatoms. The van der Waals surface area contributed by atoms with E-state index in [1.165, 1.54) is 11.1 Å². The molecule has 0 saturated carbocycles. The number of anilines is 1. The number of nitrogens with zero attached hydrogens (tertiary/aromatic N) is 4. The highest BCUT2D eigenvalue weighted by Gasteiger charge is 2.28. The molecule has 1 saturated heterocycles. The minimum absolute atomic E-state index is 0.196. The van der Waals surface area contributed by atoms with Crippen LogP contribution in [-0.2, 0) is 13.0 Å². The molecule has 1 aliphatic heterocycles. The van der Waals surface area contributed by atoms with Gasteiger partial charge in [-0.3, -0.25) is 4.90 Å². The number of aliphatic hydroxyl groups excluding tert-OH is 1. The maximum Gasteiger partial charge on any atom is 0.135 e. The molecular weight excluding hydrogens is 352 g/mol. The Hall–Kier alpha value is -2.18. The Morgan fingerprint density at radius 3 is 2.64 bits per heavy atom. The summed E-state index contributed by atoms with van der Waals surface area (Å²) in [5.74, 6) is 2.77. The highest BCUT2D eigenvalue weighted by molar-refractivity contribution is 5.47. The molecule has 6 nitrogen and oxygen atoms in total. The van der Waals surface area contributed by atoms with Crippen LogP contribution in [0, 0.1) is 6.92 Å². The Kier molecular flexibility index (Phi) is 7.23. The van der Waals surface area contributed by atoms with Gasteiger partial charge in [-0.25, -0.2) is 9.97 Å². The maximum absolute atomic E-state index is 9.61. The normalized spacial score (nSPS) is 17.7. The van der Waals surface area contributed by atoms with E-state index >= 15 is 0 Å². The van der Waals surface area contributed by atoms with E-state index in [1.54, 1.807) is 0 Å². The number of hydrogen-bond acceptors (Lipinski definition) is 6. The van der Waals surface area contributed by atoms with Gasteiger partial charge in [-0.05, 0) is 44.4 Å². The lowest BCUT2D eigenvalue weighted by molar-refractivity contribution is 0.135. The molecule has 1 fully saturated rings. The number of aliphatic hydroxyl groups is 1. The van der Waals surface area contributed by atoms with Gasteiger partial charge in [-0.15, -0.1) is 0 Å². The summed E-state index contributed by atoms with van der Waals surface area (Å²) in [6, 6.07) is 8.64. The lowest BCUT2D eigenvalue weighted by Gasteiger charge is -2.42. The molecule has 3 rings (SSSR count). The fraction of sp³-hybridized carbons (Fsp3) is 0.545. The Morgan fingerprint density at radius 1 is 1.18 bits per heavy atom. The highest BCUT2D eigenvalue weighted by Crippen LogP contribution is 2.24. The molecule has 1 aromatic carbocycles. The fourth-order valence-electron chi connectivity index (χ4n) is 3.81. The molecule has 1 aromatic heterocycles. The topological polar surface area (TPSA) is 61.7 Å². The van der Waals surface area contributed by atoms with E-state index in [1.807, 2.05) is 32.2 Å². The predicted octanol–water partition coefficient (Wildman–Crippen LogP) is 2.82. The first-order valence-electron chi connectivity index (χ1n) is 10.3. The summed E-state index contributed by atoms with van der Waals surface area (Å²) in [4.78, 5) is 13.9. The van der Waals surface area contributed by atoms with E-state index < -0.39 is 0 Å². The van der Waals surface area contributed by atoms with Crippen LogP contribution in [0.4, 0.5) is 5.82 Å². The maximum atomic E-state index is 9.61. The van der Waals surface area contributed by atoms with Crippen molar-refractivity contribution in [3.05, 3.63) is 47.4 Å². The number of ether oxygens (including phenoxy) is 1.